The molecular weight excluding hydrogens is 340 g/mol. The van der Waals surface area contributed by atoms with Crippen molar-refractivity contribution in [2.75, 3.05) is 6.61 Å². The van der Waals surface area contributed by atoms with Crippen LogP contribution in [0.5, 0.6) is 5.75 Å². The third-order valence-corrected chi connectivity index (χ3v) is 4.34. The van der Waals surface area contributed by atoms with Gasteiger partial charge in [0.05, 0.1) is 17.9 Å². The maximum absolute atomic E-state index is 10.9. The second kappa shape index (κ2) is 7.91. The van der Waals surface area contributed by atoms with Gasteiger partial charge in [-0.25, -0.2) is 4.79 Å². The quantitative estimate of drug-likeness (QED) is 0.632. The summed E-state index contributed by atoms with van der Waals surface area (Å²) in [7, 11) is 0. The summed E-state index contributed by atoms with van der Waals surface area (Å²) in [6.07, 6.45) is 1.81. The highest BCUT2D eigenvalue weighted by atomic mass is 16.5. The van der Waals surface area contributed by atoms with Crippen LogP contribution in [0.25, 0.3) is 5.69 Å². The predicted molar refractivity (Wildman–Crippen MR) is 107 cm³/mol. The molecule has 0 saturated heterocycles. The highest BCUT2D eigenvalue weighted by Gasteiger charge is 2.09. The number of aryl methyl sites for hydroxylation is 1. The molecule has 0 radical (unpaired) electrons. The van der Waals surface area contributed by atoms with Crippen LogP contribution in [-0.4, -0.2) is 28.5 Å². The van der Waals surface area contributed by atoms with Gasteiger partial charge in [0, 0.05) is 28.9 Å². The first-order chi connectivity index (χ1) is 13.0. The molecule has 0 saturated carbocycles. The predicted octanol–water partition coefficient (Wildman–Crippen LogP) is 4.94. The first-order valence-electron chi connectivity index (χ1n) is 8.79. The molecule has 0 spiro atoms. The molecule has 0 aliphatic rings. The van der Waals surface area contributed by atoms with E-state index in [1.54, 1.807) is 24.3 Å². The molecule has 1 heterocycles. The number of carboxylic acids is 1. The normalized spacial score (nSPS) is 11.1. The summed E-state index contributed by atoms with van der Waals surface area (Å²) in [5.41, 5.74) is 5.25. The summed E-state index contributed by atoms with van der Waals surface area (Å²) >= 11 is 0. The van der Waals surface area contributed by atoms with Crippen molar-refractivity contribution < 1.29 is 14.6 Å². The average molecular weight is 362 g/mol. The minimum atomic E-state index is -0.940. The fourth-order valence-corrected chi connectivity index (χ4v) is 3.01. The molecule has 1 aromatic heterocycles. The highest BCUT2D eigenvalue weighted by molar-refractivity contribution is 5.88. The Morgan fingerprint density at radius 1 is 1.11 bits per heavy atom. The van der Waals surface area contributed by atoms with Crippen molar-refractivity contribution in [1.82, 2.24) is 4.57 Å². The summed E-state index contributed by atoms with van der Waals surface area (Å²) in [5.74, 6) is -0.0836. The summed E-state index contributed by atoms with van der Waals surface area (Å²) < 4.78 is 7.68. The van der Waals surface area contributed by atoms with Gasteiger partial charge in [0.2, 0.25) is 0 Å². The van der Waals surface area contributed by atoms with Gasteiger partial charge in [-0.2, -0.15) is 0 Å². The van der Waals surface area contributed by atoms with E-state index in [0.717, 1.165) is 28.4 Å². The second-order valence-corrected chi connectivity index (χ2v) is 6.20. The lowest BCUT2D eigenvalue weighted by molar-refractivity contribution is 0.0697. The van der Waals surface area contributed by atoms with Gasteiger partial charge in [-0.3, -0.25) is 4.99 Å². The van der Waals surface area contributed by atoms with Crippen molar-refractivity contribution in [3.63, 3.8) is 0 Å². The Morgan fingerprint density at radius 3 is 2.37 bits per heavy atom. The Kier molecular flexibility index (Phi) is 5.41. The molecule has 5 heteroatoms. The fraction of sp³-hybridized carbons (Fsp3) is 0.182. The van der Waals surface area contributed by atoms with Crippen LogP contribution in [0.2, 0.25) is 0 Å². The van der Waals surface area contributed by atoms with Crippen molar-refractivity contribution >= 4 is 17.9 Å². The van der Waals surface area contributed by atoms with Gasteiger partial charge in [0.15, 0.2) is 0 Å². The maximum Gasteiger partial charge on any atom is 0.335 e. The molecular formula is C22H22N2O3. The van der Waals surface area contributed by atoms with Gasteiger partial charge in [0.1, 0.15) is 5.75 Å². The van der Waals surface area contributed by atoms with Crippen molar-refractivity contribution in [3.8, 4) is 11.4 Å². The minimum Gasteiger partial charge on any atom is -0.494 e. The molecule has 0 bridgehead atoms. The number of hydrogen-bond donors (Lipinski definition) is 1. The van der Waals surface area contributed by atoms with Gasteiger partial charge < -0.3 is 14.4 Å². The van der Waals surface area contributed by atoms with E-state index in [9.17, 15) is 4.79 Å². The van der Waals surface area contributed by atoms with Gasteiger partial charge >= 0.3 is 5.97 Å². The SMILES string of the molecule is CCOc1ccc(-n2c(C)cc(C=Nc3ccc(C(=O)O)cc3)c2C)cc1. The number of nitrogens with zero attached hydrogens (tertiary/aromatic N) is 2. The third kappa shape index (κ3) is 4.08. The molecule has 3 rings (SSSR count). The zero-order valence-corrected chi connectivity index (χ0v) is 15.6. The Balaban J connectivity index is 1.85. The molecule has 1 N–H and O–H groups in total. The zero-order chi connectivity index (χ0) is 19.4. The van der Waals surface area contributed by atoms with Gasteiger partial charge in [-0.1, -0.05) is 0 Å². The summed E-state index contributed by atoms with van der Waals surface area (Å²) in [6.45, 7) is 6.73. The van der Waals surface area contributed by atoms with Crippen molar-refractivity contribution in [2.24, 2.45) is 4.99 Å². The summed E-state index contributed by atoms with van der Waals surface area (Å²) in [5, 5.41) is 8.96. The van der Waals surface area contributed by atoms with Crippen LogP contribution >= 0.6 is 0 Å². The topological polar surface area (TPSA) is 63.8 Å². The maximum atomic E-state index is 10.9. The highest BCUT2D eigenvalue weighted by Crippen LogP contribution is 2.23. The van der Waals surface area contributed by atoms with Crippen molar-refractivity contribution in [2.45, 2.75) is 20.8 Å². The number of aliphatic imine (C=N–C) groups is 1. The number of carbonyl (C=O) groups is 1. The zero-order valence-electron chi connectivity index (χ0n) is 15.6. The van der Waals surface area contributed by atoms with Gasteiger partial charge in [0.25, 0.3) is 0 Å². The average Bonchev–Trinajstić information content (AvgIpc) is 2.95. The standard InChI is InChI=1S/C22H22N2O3/c1-4-27-21-11-9-20(10-12-21)24-15(2)13-18(16(24)3)14-23-19-7-5-17(6-8-19)22(25)26/h5-14H,4H2,1-3H3,(H,25,26). The molecule has 5 nitrogen and oxygen atoms in total. The number of rotatable bonds is 6. The molecule has 3 aromatic rings. The molecule has 27 heavy (non-hydrogen) atoms. The van der Waals surface area contributed by atoms with Gasteiger partial charge in [-0.05, 0) is 75.4 Å². The third-order valence-electron chi connectivity index (χ3n) is 4.34. The number of carboxylic acid groups (broad SMARTS) is 1. The fourth-order valence-electron chi connectivity index (χ4n) is 3.01. The minimum absolute atomic E-state index is 0.252. The Hall–Kier alpha value is -3.34. The first-order valence-corrected chi connectivity index (χ1v) is 8.79. The van der Waals surface area contributed by atoms with Crippen LogP contribution in [0.4, 0.5) is 5.69 Å². The van der Waals surface area contributed by atoms with Crippen LogP contribution in [0, 0.1) is 13.8 Å². The van der Waals surface area contributed by atoms with E-state index in [1.807, 2.05) is 37.4 Å². The molecule has 0 aliphatic carbocycles. The van der Waals surface area contributed by atoms with E-state index in [4.69, 9.17) is 9.84 Å². The number of ether oxygens (including phenoxy) is 1. The lowest BCUT2D eigenvalue weighted by Gasteiger charge is -2.10. The molecule has 2 aromatic carbocycles. The molecule has 0 aliphatic heterocycles. The van der Waals surface area contributed by atoms with E-state index in [1.165, 1.54) is 0 Å². The van der Waals surface area contributed by atoms with Crippen LogP contribution < -0.4 is 4.74 Å². The van der Waals surface area contributed by atoms with E-state index in [2.05, 4.69) is 29.5 Å². The van der Waals surface area contributed by atoms with E-state index >= 15 is 0 Å². The Bertz CT molecular complexity index is 968. The number of aromatic nitrogens is 1. The van der Waals surface area contributed by atoms with Crippen LogP contribution in [0.15, 0.2) is 59.6 Å². The lowest BCUT2D eigenvalue weighted by Crippen LogP contribution is -2.00. The van der Waals surface area contributed by atoms with Gasteiger partial charge in [-0.15, -0.1) is 0 Å². The van der Waals surface area contributed by atoms with E-state index in [-0.39, 0.29) is 5.56 Å². The number of hydrogen-bond acceptors (Lipinski definition) is 3. The smallest absolute Gasteiger partial charge is 0.335 e. The molecule has 0 amide bonds. The largest absolute Gasteiger partial charge is 0.494 e. The summed E-state index contributed by atoms with van der Waals surface area (Å²) in [6, 6.07) is 16.6. The molecule has 0 atom stereocenters. The van der Waals surface area contributed by atoms with Crippen molar-refractivity contribution in [3.05, 3.63) is 77.1 Å². The lowest BCUT2D eigenvalue weighted by atomic mass is 10.2. The number of aromatic carboxylic acids is 1. The monoisotopic (exact) mass is 362 g/mol. The Morgan fingerprint density at radius 2 is 1.78 bits per heavy atom. The Labute approximate surface area is 158 Å². The number of benzene rings is 2. The van der Waals surface area contributed by atoms with E-state index in [0.29, 0.717) is 12.3 Å². The van der Waals surface area contributed by atoms with Crippen LogP contribution in [0.1, 0.15) is 34.2 Å². The van der Waals surface area contributed by atoms with E-state index < -0.39 is 5.97 Å². The molecule has 0 unspecified atom stereocenters. The first kappa shape index (κ1) is 18.5. The summed E-state index contributed by atoms with van der Waals surface area (Å²) in [4.78, 5) is 15.4. The van der Waals surface area contributed by atoms with Crippen LogP contribution in [0.3, 0.4) is 0 Å². The molecule has 0 fully saturated rings. The molecule has 138 valence electrons. The second-order valence-electron chi connectivity index (χ2n) is 6.20. The van der Waals surface area contributed by atoms with Crippen LogP contribution in [-0.2, 0) is 0 Å². The van der Waals surface area contributed by atoms with Crippen molar-refractivity contribution in [1.29, 1.82) is 0 Å².